The van der Waals surface area contributed by atoms with E-state index < -0.39 is 13.3 Å². The van der Waals surface area contributed by atoms with Crippen molar-refractivity contribution in [2.24, 2.45) is 0 Å². The van der Waals surface area contributed by atoms with E-state index in [2.05, 4.69) is 0 Å². The van der Waals surface area contributed by atoms with Gasteiger partial charge in [0.15, 0.2) is 0 Å². The molecular formula is C2H6Cl4P2. The summed E-state index contributed by atoms with van der Waals surface area (Å²) in [4.78, 5) is 0. The zero-order valence-electron chi connectivity index (χ0n) is 4.41. The second-order valence-electron chi connectivity index (χ2n) is 0.804. The lowest BCUT2D eigenvalue weighted by molar-refractivity contribution is 2.49. The first-order valence-corrected chi connectivity index (χ1v) is 8.77. The smallest absolute Gasteiger partial charge is 0.0784 e. The minimum atomic E-state index is -0.676. The molecule has 0 saturated heterocycles. The Labute approximate surface area is 71.5 Å². The molecule has 0 unspecified atom stereocenters. The molecule has 52 valence electrons. The van der Waals surface area contributed by atoms with E-state index in [0.717, 1.165) is 0 Å². The highest BCUT2D eigenvalue weighted by molar-refractivity contribution is 8.03. The maximum absolute atomic E-state index is 5.10. The summed E-state index contributed by atoms with van der Waals surface area (Å²) in [5.74, 6) is 0. The molecule has 0 rings (SSSR count). The van der Waals surface area contributed by atoms with E-state index in [9.17, 15) is 0 Å². The Hall–Kier alpha value is 2.02. The second-order valence-corrected chi connectivity index (χ2v) is 9.54. The Morgan fingerprint density at radius 3 is 0.750 bits per heavy atom. The van der Waals surface area contributed by atoms with Crippen molar-refractivity contribution in [1.29, 1.82) is 0 Å². The molecule has 0 aromatic rings. The van der Waals surface area contributed by atoms with Gasteiger partial charge < -0.3 is 0 Å². The summed E-state index contributed by atoms with van der Waals surface area (Å²) >= 11 is 20.4. The van der Waals surface area contributed by atoms with Gasteiger partial charge in [-0.25, -0.2) is 0 Å². The van der Waals surface area contributed by atoms with Crippen LogP contribution in [0.1, 0.15) is 0 Å². The third-order valence-electron chi connectivity index (χ3n) is 0. The zero-order valence-corrected chi connectivity index (χ0v) is 9.22. The van der Waals surface area contributed by atoms with E-state index in [4.69, 9.17) is 45.0 Å². The quantitative estimate of drug-likeness (QED) is 0.527. The van der Waals surface area contributed by atoms with Crippen molar-refractivity contribution in [1.82, 2.24) is 0 Å². The molecule has 0 heterocycles. The van der Waals surface area contributed by atoms with Crippen LogP contribution in [0, 0.1) is 0 Å². The SMILES string of the molecule is CP(Cl)Cl.CP(Cl)Cl. The number of halogens is 4. The van der Waals surface area contributed by atoms with Crippen LogP contribution in [0.15, 0.2) is 0 Å². The molecule has 0 N–H and O–H groups in total. The van der Waals surface area contributed by atoms with Gasteiger partial charge in [0, 0.05) is 0 Å². The van der Waals surface area contributed by atoms with Crippen molar-refractivity contribution in [3.8, 4) is 0 Å². The Kier molecular flexibility index (Phi) is 14.3. The van der Waals surface area contributed by atoms with Crippen LogP contribution in [0.2, 0.25) is 0 Å². The molecule has 8 heavy (non-hydrogen) atoms. The Bertz CT molecular complexity index is 27.5. The van der Waals surface area contributed by atoms with Gasteiger partial charge in [-0.2, -0.15) is 0 Å². The van der Waals surface area contributed by atoms with E-state index in [-0.39, 0.29) is 0 Å². The fraction of sp³-hybridized carbons (Fsp3) is 1.00. The van der Waals surface area contributed by atoms with Gasteiger partial charge in [-0.15, -0.1) is 0 Å². The summed E-state index contributed by atoms with van der Waals surface area (Å²) in [6.07, 6.45) is 0. The van der Waals surface area contributed by atoms with Crippen molar-refractivity contribution in [2.75, 3.05) is 13.3 Å². The van der Waals surface area contributed by atoms with Crippen LogP contribution < -0.4 is 0 Å². The van der Waals surface area contributed by atoms with Crippen molar-refractivity contribution in [3.63, 3.8) is 0 Å². The maximum Gasteiger partial charge on any atom is 0.0823 e. The monoisotopic (exact) mass is 232 g/mol. The van der Waals surface area contributed by atoms with Gasteiger partial charge in [-0.1, -0.05) is 45.0 Å². The summed E-state index contributed by atoms with van der Waals surface area (Å²) in [7, 11) is 0. The molecule has 0 aromatic heterocycles. The largest absolute Gasteiger partial charge is 0.0823 e. The topological polar surface area (TPSA) is 0 Å². The van der Waals surface area contributed by atoms with Gasteiger partial charge in [0.25, 0.3) is 0 Å². The van der Waals surface area contributed by atoms with Crippen LogP contribution in [-0.2, 0) is 0 Å². The molecule has 0 radical (unpaired) electrons. The van der Waals surface area contributed by atoms with Gasteiger partial charge in [0.1, 0.15) is 0 Å². The zero-order chi connectivity index (χ0) is 7.15. The van der Waals surface area contributed by atoms with Gasteiger partial charge in [0.2, 0.25) is 0 Å². The summed E-state index contributed by atoms with van der Waals surface area (Å²) in [6.45, 7) is 2.17. The average Bonchev–Trinajstić information content (AvgIpc) is 1.25. The van der Waals surface area contributed by atoms with Crippen molar-refractivity contribution in [2.45, 2.75) is 0 Å². The standard InChI is InChI=1S/2CH3Cl2P/c2*1-4(2)3/h2*1H3. The summed E-state index contributed by atoms with van der Waals surface area (Å²) < 4.78 is 0. The van der Waals surface area contributed by atoms with Crippen LogP contribution in [0.3, 0.4) is 0 Å². The molecule has 6 heteroatoms. The molecule has 0 aliphatic rings. The Morgan fingerprint density at radius 1 is 0.750 bits per heavy atom. The molecule has 0 aliphatic carbocycles. The van der Waals surface area contributed by atoms with E-state index in [1.165, 1.54) is 0 Å². The highest BCUT2D eigenvalue weighted by Crippen LogP contribution is 2.41. The summed E-state index contributed by atoms with van der Waals surface area (Å²) in [6, 6.07) is 0. The minimum Gasteiger partial charge on any atom is -0.0784 e. The van der Waals surface area contributed by atoms with E-state index >= 15 is 0 Å². The molecule has 0 fully saturated rings. The first-order chi connectivity index (χ1) is 3.46. The molecule has 0 bridgehead atoms. The van der Waals surface area contributed by atoms with Crippen LogP contribution in [0.5, 0.6) is 0 Å². The van der Waals surface area contributed by atoms with E-state index in [1.807, 2.05) is 0 Å². The molecule has 0 amide bonds. The lowest BCUT2D eigenvalue weighted by Gasteiger charge is -1.72. The van der Waals surface area contributed by atoms with Gasteiger partial charge >= 0.3 is 0 Å². The van der Waals surface area contributed by atoms with Crippen LogP contribution >= 0.6 is 58.2 Å². The number of hydrogen-bond donors (Lipinski definition) is 0. The summed E-state index contributed by atoms with van der Waals surface area (Å²) in [5.41, 5.74) is 0. The second kappa shape index (κ2) is 9.02. The lowest BCUT2D eigenvalue weighted by atomic mass is 12.0. The first-order valence-electron chi connectivity index (χ1n) is 1.57. The third-order valence-corrected chi connectivity index (χ3v) is 0. The fourth-order valence-corrected chi connectivity index (χ4v) is 0. The molecule has 0 saturated carbocycles. The molecule has 0 aromatic carbocycles. The molecule has 0 aliphatic heterocycles. The van der Waals surface area contributed by atoms with Crippen LogP contribution in [0.25, 0.3) is 0 Å². The van der Waals surface area contributed by atoms with E-state index in [0.29, 0.717) is 0 Å². The van der Waals surface area contributed by atoms with Crippen LogP contribution in [0.4, 0.5) is 0 Å². The number of hydrogen-bond acceptors (Lipinski definition) is 0. The normalized spacial score (nSPS) is 9.00. The lowest BCUT2D eigenvalue weighted by Crippen LogP contribution is -1.20. The molecule has 0 nitrogen and oxygen atoms in total. The Balaban J connectivity index is 0. The number of rotatable bonds is 0. The van der Waals surface area contributed by atoms with Gasteiger partial charge in [0.05, 0.1) is 13.3 Å². The highest BCUT2D eigenvalue weighted by Gasteiger charge is 1.75. The molecule has 0 spiro atoms. The van der Waals surface area contributed by atoms with E-state index in [1.54, 1.807) is 13.3 Å². The van der Waals surface area contributed by atoms with Crippen molar-refractivity contribution < 1.29 is 0 Å². The van der Waals surface area contributed by atoms with Crippen molar-refractivity contribution in [3.05, 3.63) is 0 Å². The molecular weight excluding hydrogens is 228 g/mol. The highest BCUT2D eigenvalue weighted by atomic mass is 35.9. The summed E-state index contributed by atoms with van der Waals surface area (Å²) in [5, 5.41) is 0. The van der Waals surface area contributed by atoms with Crippen LogP contribution in [-0.4, -0.2) is 13.3 Å². The maximum atomic E-state index is 5.10. The average molecular weight is 234 g/mol. The predicted molar refractivity (Wildman–Crippen MR) is 49.1 cm³/mol. The predicted octanol–water partition coefficient (Wildman–Crippen LogP) is 4.81. The first kappa shape index (κ1) is 12.7. The Morgan fingerprint density at radius 2 is 0.750 bits per heavy atom. The minimum absolute atomic E-state index is 0.676. The van der Waals surface area contributed by atoms with Gasteiger partial charge in [-0.3, -0.25) is 0 Å². The van der Waals surface area contributed by atoms with Gasteiger partial charge in [-0.05, 0) is 13.3 Å². The van der Waals surface area contributed by atoms with Crippen molar-refractivity contribution >= 4 is 58.2 Å². The molecule has 0 atom stereocenters. The third kappa shape index (κ3) is 96.9. The fourth-order valence-electron chi connectivity index (χ4n) is 0.